The molecule has 1 saturated heterocycles. The number of carbonyl (C=O) groups excluding carboxylic acids is 2. The van der Waals surface area contributed by atoms with E-state index >= 15 is 0 Å². The Labute approximate surface area is 217 Å². The molecule has 0 aromatic carbocycles. The SMILES string of the molecule is COC(=O)c1c(NC(=O)CSc2nnc(-c3ccoc3C)n2CC2CCCO2)sc2c1CCCCC2. The van der Waals surface area contributed by atoms with Gasteiger partial charge in [-0.05, 0) is 57.1 Å². The standard InChI is InChI=1S/C25H30N4O5S2/c1-15-17(10-12-33-15)22-27-28-25(29(22)13-16-7-6-11-34-16)35-14-20(30)26-23-21(24(31)32-2)18-8-4-3-5-9-19(18)36-23/h10,12,16H,3-9,11,13-14H2,1-2H3,(H,26,30). The van der Waals surface area contributed by atoms with E-state index in [9.17, 15) is 9.59 Å². The van der Waals surface area contributed by atoms with Crippen LogP contribution in [0.25, 0.3) is 11.4 Å². The second kappa shape index (κ2) is 11.2. The minimum atomic E-state index is -0.395. The van der Waals surface area contributed by atoms with Gasteiger partial charge in [-0.15, -0.1) is 21.5 Å². The van der Waals surface area contributed by atoms with Crippen molar-refractivity contribution in [1.29, 1.82) is 0 Å². The fourth-order valence-electron chi connectivity index (χ4n) is 4.81. The molecule has 1 aliphatic carbocycles. The number of thioether (sulfide) groups is 1. The molecule has 3 aromatic rings. The van der Waals surface area contributed by atoms with Crippen molar-refractivity contribution in [3.8, 4) is 11.4 Å². The average molecular weight is 531 g/mol. The lowest BCUT2D eigenvalue weighted by Crippen LogP contribution is -2.18. The summed E-state index contributed by atoms with van der Waals surface area (Å²) in [6.07, 6.45) is 8.78. The van der Waals surface area contributed by atoms with Gasteiger partial charge < -0.3 is 19.2 Å². The molecule has 192 valence electrons. The van der Waals surface area contributed by atoms with Gasteiger partial charge in [0.25, 0.3) is 0 Å². The number of hydrogen-bond donors (Lipinski definition) is 1. The predicted octanol–water partition coefficient (Wildman–Crippen LogP) is 4.87. The molecule has 36 heavy (non-hydrogen) atoms. The van der Waals surface area contributed by atoms with Crippen LogP contribution in [-0.4, -0.2) is 52.2 Å². The lowest BCUT2D eigenvalue weighted by Gasteiger charge is -2.14. The Balaban J connectivity index is 1.33. The number of ether oxygens (including phenoxy) is 2. The molecule has 0 radical (unpaired) electrons. The Kier molecular flexibility index (Phi) is 7.78. The second-order valence-electron chi connectivity index (χ2n) is 9.04. The molecule has 0 bridgehead atoms. The lowest BCUT2D eigenvalue weighted by molar-refractivity contribution is -0.113. The molecule has 4 heterocycles. The van der Waals surface area contributed by atoms with Crippen LogP contribution >= 0.6 is 23.1 Å². The van der Waals surface area contributed by atoms with E-state index in [1.54, 1.807) is 6.26 Å². The van der Waals surface area contributed by atoms with Gasteiger partial charge >= 0.3 is 5.97 Å². The van der Waals surface area contributed by atoms with Crippen LogP contribution in [0.1, 0.15) is 58.7 Å². The molecule has 11 heteroatoms. The van der Waals surface area contributed by atoms with Gasteiger partial charge in [-0.25, -0.2) is 4.79 Å². The Morgan fingerprint density at radius 2 is 2.11 bits per heavy atom. The molecule has 1 N–H and O–H groups in total. The zero-order valence-corrected chi connectivity index (χ0v) is 22.1. The van der Waals surface area contributed by atoms with Gasteiger partial charge in [0.15, 0.2) is 11.0 Å². The van der Waals surface area contributed by atoms with Crippen LogP contribution in [0.2, 0.25) is 0 Å². The highest BCUT2D eigenvalue weighted by molar-refractivity contribution is 7.99. The van der Waals surface area contributed by atoms with E-state index < -0.39 is 5.97 Å². The van der Waals surface area contributed by atoms with Crippen LogP contribution in [0.3, 0.4) is 0 Å². The number of aryl methyl sites for hydroxylation is 2. The Morgan fingerprint density at radius 1 is 1.25 bits per heavy atom. The van der Waals surface area contributed by atoms with Crippen molar-refractivity contribution in [2.45, 2.75) is 69.7 Å². The maximum atomic E-state index is 13.0. The van der Waals surface area contributed by atoms with E-state index in [1.807, 2.05) is 17.6 Å². The van der Waals surface area contributed by atoms with E-state index in [4.69, 9.17) is 13.9 Å². The van der Waals surface area contributed by atoms with Crippen molar-refractivity contribution >= 4 is 40.0 Å². The van der Waals surface area contributed by atoms with Crippen LogP contribution in [0.5, 0.6) is 0 Å². The summed E-state index contributed by atoms with van der Waals surface area (Å²) in [5, 5.41) is 13.0. The fraction of sp³-hybridized carbons (Fsp3) is 0.520. The lowest BCUT2D eigenvalue weighted by atomic mass is 10.1. The first-order valence-electron chi connectivity index (χ1n) is 12.3. The quantitative estimate of drug-likeness (QED) is 0.250. The summed E-state index contributed by atoms with van der Waals surface area (Å²) in [6.45, 7) is 3.26. The minimum Gasteiger partial charge on any atom is -0.469 e. The minimum absolute atomic E-state index is 0.0873. The van der Waals surface area contributed by atoms with Crippen LogP contribution < -0.4 is 5.32 Å². The number of methoxy groups -OCH3 is 1. The van der Waals surface area contributed by atoms with Crippen LogP contribution in [0.4, 0.5) is 5.00 Å². The van der Waals surface area contributed by atoms with Crippen molar-refractivity contribution in [3.05, 3.63) is 34.1 Å². The highest BCUT2D eigenvalue weighted by Crippen LogP contribution is 2.38. The second-order valence-corrected chi connectivity index (χ2v) is 11.1. The van der Waals surface area contributed by atoms with Gasteiger partial charge in [0.2, 0.25) is 5.91 Å². The average Bonchev–Trinajstić information content (AvgIpc) is 3.65. The zero-order valence-electron chi connectivity index (χ0n) is 20.5. The van der Waals surface area contributed by atoms with Gasteiger partial charge in [-0.2, -0.15) is 0 Å². The Morgan fingerprint density at radius 3 is 2.86 bits per heavy atom. The van der Waals surface area contributed by atoms with Gasteiger partial charge in [0, 0.05) is 11.5 Å². The van der Waals surface area contributed by atoms with Gasteiger partial charge in [0.05, 0.1) is 42.9 Å². The largest absolute Gasteiger partial charge is 0.469 e. The number of hydrogen-bond acceptors (Lipinski definition) is 9. The first-order valence-corrected chi connectivity index (χ1v) is 14.1. The van der Waals surface area contributed by atoms with Crippen molar-refractivity contribution < 1.29 is 23.5 Å². The van der Waals surface area contributed by atoms with Gasteiger partial charge in [-0.3, -0.25) is 9.36 Å². The zero-order chi connectivity index (χ0) is 25.1. The number of fused-ring (bicyclic) bond motifs is 1. The van der Waals surface area contributed by atoms with E-state index in [0.717, 1.165) is 68.4 Å². The summed E-state index contributed by atoms with van der Waals surface area (Å²) in [7, 11) is 1.38. The molecular weight excluding hydrogens is 500 g/mol. The molecule has 1 unspecified atom stereocenters. The maximum absolute atomic E-state index is 13.0. The molecule has 0 spiro atoms. The van der Waals surface area contributed by atoms with E-state index in [2.05, 4.69) is 15.5 Å². The van der Waals surface area contributed by atoms with E-state index in [0.29, 0.717) is 28.1 Å². The monoisotopic (exact) mass is 530 g/mol. The summed E-state index contributed by atoms with van der Waals surface area (Å²) < 4.78 is 18.4. The number of rotatable bonds is 8. The highest BCUT2D eigenvalue weighted by atomic mass is 32.2. The normalized spacial score (nSPS) is 17.6. The first-order chi connectivity index (χ1) is 17.5. The molecule has 0 saturated carbocycles. The summed E-state index contributed by atoms with van der Waals surface area (Å²) in [6, 6.07) is 1.88. The molecule has 2 aliphatic rings. The number of nitrogens with one attached hydrogen (secondary N) is 1. The van der Waals surface area contributed by atoms with Gasteiger partial charge in [0.1, 0.15) is 10.8 Å². The molecule has 1 aliphatic heterocycles. The summed E-state index contributed by atoms with van der Waals surface area (Å²) in [4.78, 5) is 26.8. The van der Waals surface area contributed by atoms with E-state index in [1.165, 1.54) is 35.1 Å². The molecule has 9 nitrogen and oxygen atoms in total. The van der Waals surface area contributed by atoms with Crippen LogP contribution in [-0.2, 0) is 33.7 Å². The Hall–Kier alpha value is -2.63. The third-order valence-electron chi connectivity index (χ3n) is 6.62. The Bertz CT molecular complexity index is 1240. The van der Waals surface area contributed by atoms with Crippen LogP contribution in [0.15, 0.2) is 21.9 Å². The number of amides is 1. The number of aromatic nitrogens is 3. The number of furan rings is 1. The first kappa shape index (κ1) is 25.0. The molecule has 5 rings (SSSR count). The number of nitrogens with zero attached hydrogens (tertiary/aromatic N) is 3. The number of esters is 1. The number of carbonyl (C=O) groups is 2. The smallest absolute Gasteiger partial charge is 0.341 e. The summed E-state index contributed by atoms with van der Waals surface area (Å²) in [5.74, 6) is 1.01. The number of anilines is 1. The predicted molar refractivity (Wildman–Crippen MR) is 138 cm³/mol. The molecule has 1 atom stereocenters. The molecule has 1 fully saturated rings. The topological polar surface area (TPSA) is 108 Å². The van der Waals surface area contributed by atoms with Crippen molar-refractivity contribution in [3.63, 3.8) is 0 Å². The molecule has 3 aromatic heterocycles. The van der Waals surface area contributed by atoms with Crippen LogP contribution in [0, 0.1) is 6.92 Å². The maximum Gasteiger partial charge on any atom is 0.341 e. The van der Waals surface area contributed by atoms with Crippen molar-refractivity contribution in [2.24, 2.45) is 0 Å². The number of thiophene rings is 1. The van der Waals surface area contributed by atoms with Crippen molar-refractivity contribution in [1.82, 2.24) is 14.8 Å². The summed E-state index contributed by atoms with van der Waals surface area (Å²) in [5.41, 5.74) is 2.42. The molecular formula is C25H30N4O5S2. The van der Waals surface area contributed by atoms with Gasteiger partial charge in [-0.1, -0.05) is 18.2 Å². The fourth-order valence-corrected chi connectivity index (χ4v) is 6.85. The highest BCUT2D eigenvalue weighted by Gasteiger charge is 2.27. The van der Waals surface area contributed by atoms with E-state index in [-0.39, 0.29) is 17.8 Å². The third kappa shape index (κ3) is 5.23. The summed E-state index contributed by atoms with van der Waals surface area (Å²) >= 11 is 2.81. The molecule has 1 amide bonds. The third-order valence-corrected chi connectivity index (χ3v) is 8.80. The van der Waals surface area contributed by atoms with Crippen molar-refractivity contribution in [2.75, 3.05) is 24.8 Å².